The summed E-state index contributed by atoms with van der Waals surface area (Å²) in [4.78, 5) is 59.8. The van der Waals surface area contributed by atoms with E-state index in [0.29, 0.717) is 6.42 Å². The first kappa shape index (κ1) is 26.5. The molecule has 1 aromatic carbocycles. The van der Waals surface area contributed by atoms with Crippen molar-refractivity contribution in [2.45, 2.75) is 45.7 Å². The third-order valence-corrected chi connectivity index (χ3v) is 4.41. The van der Waals surface area contributed by atoms with Gasteiger partial charge in [-0.25, -0.2) is 0 Å². The molecule has 0 saturated heterocycles. The zero-order chi connectivity index (χ0) is 24.1. The van der Waals surface area contributed by atoms with Gasteiger partial charge in [0.2, 0.25) is 29.9 Å². The van der Waals surface area contributed by atoms with Crippen LogP contribution >= 0.6 is 0 Å². The van der Waals surface area contributed by atoms with E-state index in [1.807, 2.05) is 44.2 Å². The molecule has 0 unspecified atom stereocenters. The number of hydrogen-bond donors (Lipinski definition) is 4. The second kappa shape index (κ2) is 13.7. The van der Waals surface area contributed by atoms with Gasteiger partial charge >= 0.3 is 0 Å². The molecule has 9 heteroatoms. The molecule has 0 heterocycles. The van der Waals surface area contributed by atoms with Gasteiger partial charge in [0.15, 0.2) is 0 Å². The van der Waals surface area contributed by atoms with Crippen LogP contribution in [0.15, 0.2) is 42.5 Å². The summed E-state index contributed by atoms with van der Waals surface area (Å²) in [7, 11) is 0. The summed E-state index contributed by atoms with van der Waals surface area (Å²) in [6.07, 6.45) is 2.11. The average molecular weight is 444 g/mol. The van der Waals surface area contributed by atoms with Gasteiger partial charge in [0.05, 0.1) is 13.1 Å². The smallest absolute Gasteiger partial charge is 0.246 e. The molecule has 1 aromatic rings. The van der Waals surface area contributed by atoms with Crippen molar-refractivity contribution >= 4 is 29.9 Å². The number of carbonyl (C=O) groups excluding carboxylic acids is 5. The lowest BCUT2D eigenvalue weighted by Crippen LogP contribution is -2.55. The van der Waals surface area contributed by atoms with Crippen LogP contribution < -0.4 is 21.3 Å². The van der Waals surface area contributed by atoms with Crippen LogP contribution in [0.3, 0.4) is 0 Å². The largest absolute Gasteiger partial charge is 0.347 e. The molecular weight excluding hydrogens is 412 g/mol. The normalized spacial score (nSPS) is 12.2. The number of nitrogens with one attached hydrogen (secondary N) is 4. The van der Waals surface area contributed by atoms with Crippen LogP contribution in [0.1, 0.15) is 32.8 Å². The number of amides is 4. The Bertz CT molecular complexity index is 823. The van der Waals surface area contributed by atoms with Crippen LogP contribution in [-0.2, 0) is 30.4 Å². The highest BCUT2D eigenvalue weighted by atomic mass is 16.2. The Morgan fingerprint density at radius 3 is 2.19 bits per heavy atom. The molecule has 4 amide bonds. The molecule has 0 bridgehead atoms. The van der Waals surface area contributed by atoms with E-state index in [9.17, 15) is 24.0 Å². The Hall–Kier alpha value is -3.49. The third kappa shape index (κ3) is 10.0. The van der Waals surface area contributed by atoms with Gasteiger partial charge in [0, 0.05) is 12.0 Å². The molecule has 0 fully saturated rings. The van der Waals surface area contributed by atoms with E-state index in [1.54, 1.807) is 6.29 Å². The molecule has 0 saturated carbocycles. The summed E-state index contributed by atoms with van der Waals surface area (Å²) in [5.74, 6) is -2.00. The lowest BCUT2D eigenvalue weighted by atomic mass is 10.0. The first-order valence-electron chi connectivity index (χ1n) is 10.3. The lowest BCUT2D eigenvalue weighted by molar-refractivity contribution is -0.132. The molecule has 0 aliphatic heterocycles. The lowest BCUT2D eigenvalue weighted by Gasteiger charge is -2.24. The molecule has 0 spiro atoms. The molecule has 4 N–H and O–H groups in total. The topological polar surface area (TPSA) is 133 Å². The maximum Gasteiger partial charge on any atom is 0.246 e. The highest BCUT2D eigenvalue weighted by Gasteiger charge is 2.27. The molecule has 1 radical (unpaired) electrons. The van der Waals surface area contributed by atoms with Crippen LogP contribution in [0.4, 0.5) is 0 Å². The van der Waals surface area contributed by atoms with Gasteiger partial charge < -0.3 is 21.3 Å². The van der Waals surface area contributed by atoms with E-state index in [-0.39, 0.29) is 31.0 Å². The van der Waals surface area contributed by atoms with Crippen molar-refractivity contribution in [1.29, 1.82) is 0 Å². The van der Waals surface area contributed by atoms with Gasteiger partial charge in [-0.3, -0.25) is 24.0 Å². The van der Waals surface area contributed by atoms with E-state index < -0.39 is 35.7 Å². The minimum atomic E-state index is -0.980. The fourth-order valence-corrected chi connectivity index (χ4v) is 2.84. The van der Waals surface area contributed by atoms with E-state index in [1.165, 1.54) is 6.92 Å². The van der Waals surface area contributed by atoms with Crippen molar-refractivity contribution in [3.63, 3.8) is 0 Å². The van der Waals surface area contributed by atoms with E-state index >= 15 is 0 Å². The van der Waals surface area contributed by atoms with Gasteiger partial charge in [-0.05, 0) is 24.8 Å². The molecule has 173 valence electrons. The summed E-state index contributed by atoms with van der Waals surface area (Å²) in [5, 5.41) is 10.1. The zero-order valence-electron chi connectivity index (χ0n) is 18.7. The summed E-state index contributed by atoms with van der Waals surface area (Å²) in [5.41, 5.74) is 1.06. The maximum atomic E-state index is 13.0. The second-order valence-corrected chi connectivity index (χ2v) is 7.83. The Labute approximate surface area is 188 Å². The Balaban J connectivity index is 2.94. The highest BCUT2D eigenvalue weighted by molar-refractivity contribution is 5.96. The van der Waals surface area contributed by atoms with Crippen molar-refractivity contribution in [2.24, 2.45) is 5.92 Å². The van der Waals surface area contributed by atoms with Crippen LogP contribution in [0.2, 0.25) is 0 Å². The average Bonchev–Trinajstić information content (AvgIpc) is 2.75. The SMILES string of the molecule is C=C(C)C(=O)NCC(=O)N[C@@H](Cc1ccccc1)C(=O)N[C@@H](CC(C)C)C(=O)NC[C]=O. The quantitative estimate of drug-likeness (QED) is 0.322. The van der Waals surface area contributed by atoms with E-state index in [4.69, 9.17) is 0 Å². The first-order valence-corrected chi connectivity index (χ1v) is 10.3. The number of rotatable bonds is 13. The van der Waals surface area contributed by atoms with Crippen LogP contribution in [0.25, 0.3) is 0 Å². The van der Waals surface area contributed by atoms with E-state index in [2.05, 4.69) is 27.8 Å². The molecule has 1 rings (SSSR count). The van der Waals surface area contributed by atoms with Crippen LogP contribution in [0, 0.1) is 5.92 Å². The van der Waals surface area contributed by atoms with Crippen molar-refractivity contribution in [2.75, 3.05) is 13.1 Å². The minimum absolute atomic E-state index is 0.0887. The maximum absolute atomic E-state index is 13.0. The van der Waals surface area contributed by atoms with E-state index in [0.717, 1.165) is 5.56 Å². The third-order valence-electron chi connectivity index (χ3n) is 4.41. The molecule has 9 nitrogen and oxygen atoms in total. The molecule has 0 aliphatic carbocycles. The Kier molecular flexibility index (Phi) is 11.4. The van der Waals surface area contributed by atoms with Gasteiger partial charge in [-0.2, -0.15) is 0 Å². The van der Waals surface area contributed by atoms with Gasteiger partial charge in [0.1, 0.15) is 12.1 Å². The number of benzene rings is 1. The fraction of sp³-hybridized carbons (Fsp3) is 0.435. The fourth-order valence-electron chi connectivity index (χ4n) is 2.84. The van der Waals surface area contributed by atoms with Crippen molar-refractivity contribution in [3.8, 4) is 0 Å². The monoisotopic (exact) mass is 443 g/mol. The van der Waals surface area contributed by atoms with Crippen molar-refractivity contribution < 1.29 is 24.0 Å². The Morgan fingerprint density at radius 2 is 1.62 bits per heavy atom. The first-order chi connectivity index (χ1) is 15.1. The summed E-state index contributed by atoms with van der Waals surface area (Å²) >= 11 is 0. The second-order valence-electron chi connectivity index (χ2n) is 7.83. The number of hydrogen-bond acceptors (Lipinski definition) is 5. The standard InChI is InChI=1S/C23H31N4O5/c1-15(2)12-18(22(31)24-10-11-28)27-23(32)19(13-17-8-6-5-7-9-17)26-20(29)14-25-21(30)16(3)4/h5-9,15,18-19H,3,10,12-14H2,1-2,4H3,(H,24,31)(H,25,30)(H,26,29)(H,27,32)/t18-,19-/m0/s1. The van der Waals surface area contributed by atoms with Crippen LogP contribution in [-0.4, -0.2) is 55.1 Å². The summed E-state index contributed by atoms with van der Waals surface area (Å²) < 4.78 is 0. The number of carbonyl (C=O) groups is 4. The van der Waals surface area contributed by atoms with Gasteiger partial charge in [-0.15, -0.1) is 0 Å². The van der Waals surface area contributed by atoms with Crippen LogP contribution in [0.5, 0.6) is 0 Å². The molecule has 0 aromatic heterocycles. The summed E-state index contributed by atoms with van der Waals surface area (Å²) in [6.45, 7) is 8.20. The molecule has 2 atom stereocenters. The molecule has 0 aliphatic rings. The van der Waals surface area contributed by atoms with Crippen molar-refractivity contribution in [3.05, 3.63) is 48.0 Å². The highest BCUT2D eigenvalue weighted by Crippen LogP contribution is 2.08. The predicted octanol–water partition coefficient (Wildman–Crippen LogP) is 0.163. The predicted molar refractivity (Wildman–Crippen MR) is 120 cm³/mol. The van der Waals surface area contributed by atoms with Gasteiger partial charge in [0.25, 0.3) is 0 Å². The van der Waals surface area contributed by atoms with Gasteiger partial charge in [-0.1, -0.05) is 50.8 Å². The molecular formula is C23H31N4O5. The zero-order valence-corrected chi connectivity index (χ0v) is 18.7. The Morgan fingerprint density at radius 1 is 0.969 bits per heavy atom. The van der Waals surface area contributed by atoms with Crippen molar-refractivity contribution in [1.82, 2.24) is 21.3 Å². The summed E-state index contributed by atoms with van der Waals surface area (Å²) in [6, 6.07) is 7.22. The minimum Gasteiger partial charge on any atom is -0.347 e. The molecule has 32 heavy (non-hydrogen) atoms.